The molecule has 0 fully saturated rings. The lowest BCUT2D eigenvalue weighted by molar-refractivity contribution is 0.622. The molecule has 0 aliphatic rings. The van der Waals surface area contributed by atoms with Crippen LogP contribution in [0, 0.1) is 19.7 Å². The van der Waals surface area contributed by atoms with Gasteiger partial charge in [0.05, 0.1) is 5.69 Å². The molecule has 2 rings (SSSR count). The van der Waals surface area contributed by atoms with Crippen molar-refractivity contribution >= 4 is 11.4 Å². The summed E-state index contributed by atoms with van der Waals surface area (Å²) in [6, 6.07) is 11.2. The summed E-state index contributed by atoms with van der Waals surface area (Å²) in [6.07, 6.45) is 0. The van der Waals surface area contributed by atoms with Crippen LogP contribution in [0.3, 0.4) is 0 Å². The third kappa shape index (κ3) is 2.83. The SMILES string of the molecule is Cc1ccc(N(C)c2ccc([C@H](C)N)cc2F)c(C)c1. The number of hydrogen-bond acceptors (Lipinski definition) is 2. The summed E-state index contributed by atoms with van der Waals surface area (Å²) < 4.78 is 14.3. The fourth-order valence-corrected chi connectivity index (χ4v) is 2.39. The lowest BCUT2D eigenvalue weighted by Gasteiger charge is -2.23. The maximum atomic E-state index is 14.3. The van der Waals surface area contributed by atoms with Gasteiger partial charge in [0.25, 0.3) is 0 Å². The summed E-state index contributed by atoms with van der Waals surface area (Å²) >= 11 is 0. The van der Waals surface area contributed by atoms with Crippen molar-refractivity contribution in [1.82, 2.24) is 0 Å². The molecule has 0 heterocycles. The molecule has 0 bridgehead atoms. The van der Waals surface area contributed by atoms with Gasteiger partial charge >= 0.3 is 0 Å². The van der Waals surface area contributed by atoms with Crippen LogP contribution in [0.2, 0.25) is 0 Å². The molecule has 2 N–H and O–H groups in total. The molecule has 0 spiro atoms. The number of nitrogens with two attached hydrogens (primary N) is 1. The second kappa shape index (κ2) is 5.63. The van der Waals surface area contributed by atoms with Crippen LogP contribution >= 0.6 is 0 Å². The molecular weight excluding hydrogens is 251 g/mol. The van der Waals surface area contributed by atoms with Crippen molar-refractivity contribution in [3.8, 4) is 0 Å². The molecule has 0 aromatic heterocycles. The van der Waals surface area contributed by atoms with Crippen molar-refractivity contribution in [3.05, 3.63) is 58.9 Å². The Kier molecular flexibility index (Phi) is 4.09. The van der Waals surface area contributed by atoms with Crippen molar-refractivity contribution in [2.45, 2.75) is 26.8 Å². The van der Waals surface area contributed by atoms with Gasteiger partial charge in [0, 0.05) is 18.8 Å². The molecule has 0 amide bonds. The van der Waals surface area contributed by atoms with Crippen LogP contribution in [0.4, 0.5) is 15.8 Å². The van der Waals surface area contributed by atoms with Gasteiger partial charge in [-0.25, -0.2) is 4.39 Å². The zero-order chi connectivity index (χ0) is 14.9. The average Bonchev–Trinajstić information content (AvgIpc) is 2.37. The lowest BCUT2D eigenvalue weighted by Crippen LogP contribution is -2.13. The Bertz CT molecular complexity index is 620. The number of benzene rings is 2. The molecule has 2 nitrogen and oxygen atoms in total. The van der Waals surface area contributed by atoms with Crippen LogP contribution in [0.25, 0.3) is 0 Å². The van der Waals surface area contributed by atoms with E-state index < -0.39 is 0 Å². The van der Waals surface area contributed by atoms with Gasteiger partial charge in [0.1, 0.15) is 5.82 Å². The van der Waals surface area contributed by atoms with Gasteiger partial charge in [0.15, 0.2) is 0 Å². The fourth-order valence-electron chi connectivity index (χ4n) is 2.39. The third-order valence-electron chi connectivity index (χ3n) is 3.57. The van der Waals surface area contributed by atoms with E-state index in [4.69, 9.17) is 5.73 Å². The minimum atomic E-state index is -0.248. The first-order chi connectivity index (χ1) is 9.40. The van der Waals surface area contributed by atoms with E-state index in [-0.39, 0.29) is 11.9 Å². The zero-order valence-corrected chi connectivity index (χ0v) is 12.4. The molecule has 0 unspecified atom stereocenters. The van der Waals surface area contributed by atoms with Gasteiger partial charge in [-0.3, -0.25) is 0 Å². The fraction of sp³-hybridized carbons (Fsp3) is 0.294. The Labute approximate surface area is 120 Å². The summed E-state index contributed by atoms with van der Waals surface area (Å²) in [5.41, 5.74) is 10.5. The van der Waals surface area contributed by atoms with E-state index in [1.165, 1.54) is 11.6 Å². The molecule has 1 atom stereocenters. The van der Waals surface area contributed by atoms with Gasteiger partial charge < -0.3 is 10.6 Å². The van der Waals surface area contributed by atoms with E-state index >= 15 is 0 Å². The second-order valence-electron chi connectivity index (χ2n) is 5.35. The molecule has 2 aromatic rings. The summed E-state index contributed by atoms with van der Waals surface area (Å²) in [5.74, 6) is -0.248. The molecule has 3 heteroatoms. The Balaban J connectivity index is 2.40. The normalized spacial score (nSPS) is 12.3. The van der Waals surface area contributed by atoms with Crippen molar-refractivity contribution in [2.24, 2.45) is 5.73 Å². The number of anilines is 2. The van der Waals surface area contributed by atoms with Crippen LogP contribution in [0.15, 0.2) is 36.4 Å². The summed E-state index contributed by atoms with van der Waals surface area (Å²) in [5, 5.41) is 0. The highest BCUT2D eigenvalue weighted by atomic mass is 19.1. The molecule has 0 aliphatic heterocycles. The van der Waals surface area contributed by atoms with E-state index in [1.54, 1.807) is 6.07 Å². The maximum Gasteiger partial charge on any atom is 0.147 e. The van der Waals surface area contributed by atoms with E-state index in [1.807, 2.05) is 44.0 Å². The van der Waals surface area contributed by atoms with E-state index in [0.29, 0.717) is 5.69 Å². The predicted octanol–water partition coefficient (Wildman–Crippen LogP) is 4.23. The molecule has 106 valence electrons. The Hall–Kier alpha value is -1.87. The largest absolute Gasteiger partial charge is 0.342 e. The lowest BCUT2D eigenvalue weighted by atomic mass is 10.1. The van der Waals surface area contributed by atoms with Crippen LogP contribution in [0.1, 0.15) is 29.7 Å². The van der Waals surface area contributed by atoms with Gasteiger partial charge in [-0.15, -0.1) is 0 Å². The molecule has 0 saturated heterocycles. The molecule has 2 aromatic carbocycles. The maximum absolute atomic E-state index is 14.3. The Morgan fingerprint density at radius 2 is 1.70 bits per heavy atom. The minimum Gasteiger partial charge on any atom is -0.342 e. The van der Waals surface area contributed by atoms with E-state index in [0.717, 1.165) is 16.8 Å². The summed E-state index contributed by atoms with van der Waals surface area (Å²) in [6.45, 7) is 5.93. The van der Waals surface area contributed by atoms with E-state index in [2.05, 4.69) is 13.0 Å². The first-order valence-corrected chi connectivity index (χ1v) is 6.76. The average molecular weight is 272 g/mol. The van der Waals surface area contributed by atoms with Crippen molar-refractivity contribution < 1.29 is 4.39 Å². The highest BCUT2D eigenvalue weighted by molar-refractivity contribution is 5.66. The van der Waals surface area contributed by atoms with Crippen LogP contribution in [-0.4, -0.2) is 7.05 Å². The Morgan fingerprint density at radius 3 is 2.25 bits per heavy atom. The monoisotopic (exact) mass is 272 g/mol. The number of halogens is 1. The standard InChI is InChI=1S/C17H21FN2/c1-11-5-7-16(12(2)9-11)20(4)17-8-6-14(13(3)19)10-15(17)18/h5-10,13H,19H2,1-4H3/t13-/m0/s1. The van der Waals surface area contributed by atoms with Crippen molar-refractivity contribution in [1.29, 1.82) is 0 Å². The number of aryl methyl sites for hydroxylation is 2. The quantitative estimate of drug-likeness (QED) is 0.906. The minimum absolute atomic E-state index is 0.162. The van der Waals surface area contributed by atoms with Gasteiger partial charge in [-0.2, -0.15) is 0 Å². The second-order valence-corrected chi connectivity index (χ2v) is 5.35. The third-order valence-corrected chi connectivity index (χ3v) is 3.57. The van der Waals surface area contributed by atoms with Crippen molar-refractivity contribution in [3.63, 3.8) is 0 Å². The molecule has 0 aliphatic carbocycles. The van der Waals surface area contributed by atoms with Gasteiger partial charge in [0.2, 0.25) is 0 Å². The molecule has 20 heavy (non-hydrogen) atoms. The highest BCUT2D eigenvalue weighted by Gasteiger charge is 2.13. The van der Waals surface area contributed by atoms with Gasteiger partial charge in [-0.1, -0.05) is 23.8 Å². The molecular formula is C17H21FN2. The van der Waals surface area contributed by atoms with Crippen molar-refractivity contribution in [2.75, 3.05) is 11.9 Å². The van der Waals surface area contributed by atoms with Crippen LogP contribution < -0.4 is 10.6 Å². The van der Waals surface area contributed by atoms with E-state index in [9.17, 15) is 4.39 Å². The van der Waals surface area contributed by atoms with Gasteiger partial charge in [-0.05, 0) is 50.1 Å². The first-order valence-electron chi connectivity index (χ1n) is 6.76. The molecule has 0 saturated carbocycles. The number of hydrogen-bond donors (Lipinski definition) is 1. The smallest absolute Gasteiger partial charge is 0.147 e. The Morgan fingerprint density at radius 1 is 1.05 bits per heavy atom. The number of rotatable bonds is 3. The predicted molar refractivity (Wildman–Crippen MR) is 83.0 cm³/mol. The topological polar surface area (TPSA) is 29.3 Å². The first kappa shape index (κ1) is 14.5. The summed E-state index contributed by atoms with van der Waals surface area (Å²) in [4.78, 5) is 1.87. The highest BCUT2D eigenvalue weighted by Crippen LogP contribution is 2.30. The molecule has 0 radical (unpaired) electrons. The van der Waals surface area contributed by atoms with Crippen LogP contribution in [-0.2, 0) is 0 Å². The summed E-state index contributed by atoms with van der Waals surface area (Å²) in [7, 11) is 1.88. The zero-order valence-electron chi connectivity index (χ0n) is 12.4. The van der Waals surface area contributed by atoms with Crippen LogP contribution in [0.5, 0.6) is 0 Å². The number of nitrogens with zero attached hydrogens (tertiary/aromatic N) is 1.